The fourth-order valence-corrected chi connectivity index (χ4v) is 4.65. The van der Waals surface area contributed by atoms with E-state index in [1.54, 1.807) is 0 Å². The zero-order valence-corrected chi connectivity index (χ0v) is 15.8. The molecule has 0 aromatic heterocycles. The highest BCUT2D eigenvalue weighted by Gasteiger charge is 2.32. The standard InChI is InChI=1S/C23H29N3O/c24-15-17-13-14-26(16-17)23(27)25-22(19-8-2-1-3-9-19)21-12-6-10-18-7-4-5-11-20(18)21/h1-5,7-9,11,17,21-22H,6,10,12-16,24H2,(H,25,27). The van der Waals surface area contributed by atoms with Crippen LogP contribution < -0.4 is 11.1 Å². The Hall–Kier alpha value is -2.33. The molecule has 1 aliphatic carbocycles. The van der Waals surface area contributed by atoms with Crippen molar-refractivity contribution in [2.24, 2.45) is 11.7 Å². The molecule has 0 saturated carbocycles. The SMILES string of the molecule is NCC1CCN(C(=O)NC(c2ccccc2)C2CCCc3ccccc32)C1. The van der Waals surface area contributed by atoms with E-state index in [1.807, 2.05) is 11.0 Å². The van der Waals surface area contributed by atoms with E-state index in [0.29, 0.717) is 18.4 Å². The Labute approximate surface area is 161 Å². The molecule has 2 amide bonds. The van der Waals surface area contributed by atoms with Gasteiger partial charge < -0.3 is 16.0 Å². The van der Waals surface area contributed by atoms with Gasteiger partial charge in [-0.05, 0) is 54.8 Å². The van der Waals surface area contributed by atoms with Crippen molar-refractivity contribution in [1.82, 2.24) is 10.2 Å². The number of fused-ring (bicyclic) bond motifs is 1. The van der Waals surface area contributed by atoms with Crippen LogP contribution in [0.25, 0.3) is 0 Å². The molecule has 2 aromatic carbocycles. The molecule has 2 aromatic rings. The van der Waals surface area contributed by atoms with Gasteiger partial charge in [-0.1, -0.05) is 54.6 Å². The summed E-state index contributed by atoms with van der Waals surface area (Å²) in [7, 11) is 0. The van der Waals surface area contributed by atoms with Gasteiger partial charge in [0.05, 0.1) is 6.04 Å². The number of carbonyl (C=O) groups excluding carboxylic acids is 1. The van der Waals surface area contributed by atoms with Gasteiger partial charge in [-0.15, -0.1) is 0 Å². The van der Waals surface area contributed by atoms with Crippen LogP contribution in [-0.4, -0.2) is 30.6 Å². The molecule has 1 heterocycles. The van der Waals surface area contributed by atoms with Crippen LogP contribution in [0.5, 0.6) is 0 Å². The first-order valence-electron chi connectivity index (χ1n) is 10.1. The van der Waals surface area contributed by atoms with Gasteiger partial charge >= 0.3 is 6.03 Å². The minimum atomic E-state index is -0.00271. The summed E-state index contributed by atoms with van der Waals surface area (Å²) in [5, 5.41) is 3.38. The van der Waals surface area contributed by atoms with E-state index < -0.39 is 0 Å². The number of benzene rings is 2. The molecule has 0 radical (unpaired) electrons. The molecule has 3 unspecified atom stereocenters. The number of nitrogens with zero attached hydrogens (tertiary/aromatic N) is 1. The fraction of sp³-hybridized carbons (Fsp3) is 0.435. The Morgan fingerprint density at radius 1 is 1.11 bits per heavy atom. The summed E-state index contributed by atoms with van der Waals surface area (Å²) in [6, 6.07) is 19.2. The van der Waals surface area contributed by atoms with E-state index in [-0.39, 0.29) is 12.1 Å². The van der Waals surface area contributed by atoms with Gasteiger partial charge in [0, 0.05) is 19.0 Å². The van der Waals surface area contributed by atoms with Crippen molar-refractivity contribution in [3.63, 3.8) is 0 Å². The molecule has 2 aliphatic rings. The largest absolute Gasteiger partial charge is 0.331 e. The lowest BCUT2D eigenvalue weighted by Crippen LogP contribution is -2.42. The molecule has 0 spiro atoms. The lowest BCUT2D eigenvalue weighted by molar-refractivity contribution is 0.200. The second-order valence-electron chi connectivity index (χ2n) is 7.87. The number of aryl methyl sites for hydroxylation is 1. The van der Waals surface area contributed by atoms with Gasteiger partial charge in [0.1, 0.15) is 0 Å². The zero-order chi connectivity index (χ0) is 18.6. The van der Waals surface area contributed by atoms with Crippen LogP contribution in [0.3, 0.4) is 0 Å². The van der Waals surface area contributed by atoms with Crippen LogP contribution >= 0.6 is 0 Å². The highest BCUT2D eigenvalue weighted by atomic mass is 16.2. The van der Waals surface area contributed by atoms with Crippen molar-refractivity contribution in [3.8, 4) is 0 Å². The van der Waals surface area contributed by atoms with E-state index >= 15 is 0 Å². The van der Waals surface area contributed by atoms with E-state index in [0.717, 1.165) is 32.4 Å². The number of rotatable bonds is 4. The van der Waals surface area contributed by atoms with Crippen LogP contribution in [0.4, 0.5) is 4.79 Å². The maximum Gasteiger partial charge on any atom is 0.317 e. The number of amides is 2. The molecular weight excluding hydrogens is 334 g/mol. The molecule has 3 N–H and O–H groups in total. The summed E-state index contributed by atoms with van der Waals surface area (Å²) >= 11 is 0. The second kappa shape index (κ2) is 8.13. The maximum absolute atomic E-state index is 13.0. The van der Waals surface area contributed by atoms with Crippen molar-refractivity contribution >= 4 is 6.03 Å². The highest BCUT2D eigenvalue weighted by Crippen LogP contribution is 2.40. The topological polar surface area (TPSA) is 58.4 Å². The number of urea groups is 1. The predicted octanol–water partition coefficient (Wildman–Crippen LogP) is 3.84. The third kappa shape index (κ3) is 3.86. The first-order chi connectivity index (χ1) is 13.3. The Bertz CT molecular complexity index is 776. The molecule has 1 saturated heterocycles. The first-order valence-corrected chi connectivity index (χ1v) is 10.1. The van der Waals surface area contributed by atoms with Crippen LogP contribution in [-0.2, 0) is 6.42 Å². The molecule has 4 heteroatoms. The molecule has 142 valence electrons. The Balaban J connectivity index is 1.60. The molecule has 0 bridgehead atoms. The highest BCUT2D eigenvalue weighted by molar-refractivity contribution is 5.75. The van der Waals surface area contributed by atoms with Crippen molar-refractivity contribution < 1.29 is 4.79 Å². The van der Waals surface area contributed by atoms with Crippen LogP contribution in [0, 0.1) is 5.92 Å². The van der Waals surface area contributed by atoms with E-state index in [9.17, 15) is 4.79 Å². The summed E-state index contributed by atoms with van der Waals surface area (Å²) in [5.74, 6) is 0.746. The average molecular weight is 364 g/mol. The number of nitrogens with one attached hydrogen (secondary N) is 1. The van der Waals surface area contributed by atoms with Gasteiger partial charge in [0.2, 0.25) is 0 Å². The molecule has 4 rings (SSSR count). The normalized spacial score (nSPS) is 22.9. The number of hydrogen-bond acceptors (Lipinski definition) is 2. The van der Waals surface area contributed by atoms with Crippen LogP contribution in [0.15, 0.2) is 54.6 Å². The summed E-state index contributed by atoms with van der Waals surface area (Å²) in [6.45, 7) is 2.23. The molecule has 1 fully saturated rings. The number of nitrogens with two attached hydrogens (primary N) is 1. The number of carbonyl (C=O) groups is 1. The molecule has 27 heavy (non-hydrogen) atoms. The zero-order valence-electron chi connectivity index (χ0n) is 15.8. The van der Waals surface area contributed by atoms with Crippen LogP contribution in [0.2, 0.25) is 0 Å². The number of likely N-dealkylation sites (tertiary alicyclic amines) is 1. The van der Waals surface area contributed by atoms with E-state index in [1.165, 1.54) is 23.1 Å². The fourth-order valence-electron chi connectivity index (χ4n) is 4.65. The quantitative estimate of drug-likeness (QED) is 0.867. The first kappa shape index (κ1) is 18.1. The van der Waals surface area contributed by atoms with Crippen LogP contribution in [0.1, 0.15) is 47.9 Å². The molecule has 3 atom stereocenters. The Morgan fingerprint density at radius 2 is 1.89 bits per heavy atom. The minimum Gasteiger partial charge on any atom is -0.331 e. The van der Waals surface area contributed by atoms with Gasteiger partial charge in [-0.3, -0.25) is 0 Å². The minimum absolute atomic E-state index is 0.00271. The van der Waals surface area contributed by atoms with E-state index in [2.05, 4.69) is 53.8 Å². The second-order valence-corrected chi connectivity index (χ2v) is 7.87. The van der Waals surface area contributed by atoms with E-state index in [4.69, 9.17) is 5.73 Å². The molecular formula is C23H29N3O. The third-order valence-corrected chi connectivity index (χ3v) is 6.16. The molecule has 4 nitrogen and oxygen atoms in total. The van der Waals surface area contributed by atoms with Gasteiger partial charge in [-0.25, -0.2) is 4.79 Å². The van der Waals surface area contributed by atoms with Gasteiger partial charge in [0.15, 0.2) is 0 Å². The maximum atomic E-state index is 13.0. The van der Waals surface area contributed by atoms with Crippen molar-refractivity contribution in [1.29, 1.82) is 0 Å². The number of hydrogen-bond donors (Lipinski definition) is 2. The lowest BCUT2D eigenvalue weighted by atomic mass is 9.77. The Kier molecular flexibility index (Phi) is 5.44. The van der Waals surface area contributed by atoms with Crippen molar-refractivity contribution in [2.45, 2.75) is 37.6 Å². The van der Waals surface area contributed by atoms with Crippen molar-refractivity contribution in [2.75, 3.05) is 19.6 Å². The smallest absolute Gasteiger partial charge is 0.317 e. The lowest BCUT2D eigenvalue weighted by Gasteiger charge is -2.34. The summed E-state index contributed by atoms with van der Waals surface area (Å²) < 4.78 is 0. The third-order valence-electron chi connectivity index (χ3n) is 6.16. The average Bonchev–Trinajstić information content (AvgIpc) is 3.22. The monoisotopic (exact) mass is 363 g/mol. The summed E-state index contributed by atoms with van der Waals surface area (Å²) in [5.41, 5.74) is 9.80. The summed E-state index contributed by atoms with van der Waals surface area (Å²) in [4.78, 5) is 15.0. The summed E-state index contributed by atoms with van der Waals surface area (Å²) in [6.07, 6.45) is 4.40. The predicted molar refractivity (Wildman–Crippen MR) is 109 cm³/mol. The van der Waals surface area contributed by atoms with Crippen molar-refractivity contribution in [3.05, 3.63) is 71.3 Å². The molecule has 1 aliphatic heterocycles. The van der Waals surface area contributed by atoms with Gasteiger partial charge in [0.25, 0.3) is 0 Å². The Morgan fingerprint density at radius 3 is 2.67 bits per heavy atom. The van der Waals surface area contributed by atoms with Gasteiger partial charge in [-0.2, -0.15) is 0 Å².